The lowest BCUT2D eigenvalue weighted by atomic mass is 9.93. The van der Waals surface area contributed by atoms with Crippen molar-refractivity contribution in [3.8, 4) is 5.75 Å². The van der Waals surface area contributed by atoms with Gasteiger partial charge in [-0.2, -0.15) is 13.2 Å². The Balaban J connectivity index is 1.31. The van der Waals surface area contributed by atoms with E-state index in [4.69, 9.17) is 9.72 Å². The van der Waals surface area contributed by atoms with Crippen molar-refractivity contribution in [2.24, 2.45) is 5.92 Å². The molecule has 0 unspecified atom stereocenters. The van der Waals surface area contributed by atoms with Crippen LogP contribution in [0.25, 0.3) is 10.2 Å². The van der Waals surface area contributed by atoms with Gasteiger partial charge in [-0.3, -0.25) is 14.8 Å². The van der Waals surface area contributed by atoms with Gasteiger partial charge in [0.15, 0.2) is 0 Å². The van der Waals surface area contributed by atoms with Crippen molar-refractivity contribution in [1.82, 2.24) is 15.3 Å². The third-order valence-corrected chi connectivity index (χ3v) is 9.79. The Kier molecular flexibility index (Phi) is 9.76. The fourth-order valence-electron chi connectivity index (χ4n) is 6.31. The van der Waals surface area contributed by atoms with Crippen molar-refractivity contribution in [2.75, 3.05) is 53.7 Å². The van der Waals surface area contributed by atoms with Crippen molar-refractivity contribution in [3.05, 3.63) is 66.1 Å². The number of amides is 2. The summed E-state index contributed by atoms with van der Waals surface area (Å²) in [5, 5.41) is 18.3. The molecule has 6 rings (SSSR count). The van der Waals surface area contributed by atoms with Gasteiger partial charge in [0, 0.05) is 38.9 Å². The predicted octanol–water partition coefficient (Wildman–Crippen LogP) is 6.58. The molecule has 11 nitrogen and oxygen atoms in total. The molecule has 3 aromatic heterocycles. The highest BCUT2D eigenvalue weighted by atomic mass is 32.1. The molecule has 48 heavy (non-hydrogen) atoms. The Morgan fingerprint density at radius 3 is 2.54 bits per heavy atom. The van der Waals surface area contributed by atoms with E-state index in [1.165, 1.54) is 41.1 Å². The summed E-state index contributed by atoms with van der Waals surface area (Å²) in [4.78, 5) is 38.1. The molecule has 4 N–H and O–H groups in total. The van der Waals surface area contributed by atoms with E-state index in [0.717, 1.165) is 47.6 Å². The summed E-state index contributed by atoms with van der Waals surface area (Å²) in [6, 6.07) is 10.2. The molecular formula is C33H36F3N7O4S. The van der Waals surface area contributed by atoms with E-state index < -0.39 is 36.7 Å². The van der Waals surface area contributed by atoms with Crippen LogP contribution in [-0.4, -0.2) is 72.6 Å². The van der Waals surface area contributed by atoms with Crippen molar-refractivity contribution < 1.29 is 32.6 Å². The van der Waals surface area contributed by atoms with Crippen LogP contribution >= 0.6 is 11.3 Å². The molecule has 2 aliphatic heterocycles. The fraction of sp³-hybridized carbons (Fsp3) is 0.394. The van der Waals surface area contributed by atoms with Gasteiger partial charge in [-0.1, -0.05) is 12.1 Å². The number of hydrogen-bond donors (Lipinski definition) is 4. The molecule has 254 valence electrons. The first-order valence-corrected chi connectivity index (χ1v) is 16.5. The Morgan fingerprint density at radius 2 is 1.83 bits per heavy atom. The average molecular weight is 684 g/mol. The number of anilines is 4. The molecule has 4 aromatic rings. The van der Waals surface area contributed by atoms with E-state index in [-0.39, 0.29) is 18.7 Å². The Labute approximate surface area is 279 Å². The lowest BCUT2D eigenvalue weighted by molar-refractivity contribution is -0.177. The Morgan fingerprint density at radius 1 is 1.06 bits per heavy atom. The van der Waals surface area contributed by atoms with Crippen LogP contribution in [0.4, 0.5) is 40.0 Å². The molecule has 0 saturated carbocycles. The number of methoxy groups -OCH3 is 1. The molecule has 15 heteroatoms. The van der Waals surface area contributed by atoms with Crippen LogP contribution in [0.15, 0.2) is 55.0 Å². The molecule has 2 amide bonds. The number of carboxylic acid groups (broad SMARTS) is 1. The van der Waals surface area contributed by atoms with Crippen LogP contribution in [0.5, 0.6) is 5.75 Å². The van der Waals surface area contributed by atoms with Crippen molar-refractivity contribution >= 4 is 55.6 Å². The van der Waals surface area contributed by atoms with Crippen LogP contribution in [0, 0.1) is 5.92 Å². The summed E-state index contributed by atoms with van der Waals surface area (Å²) in [6.45, 7) is 1.88. The largest absolute Gasteiger partial charge is 0.497 e. The minimum absolute atomic E-state index is 0.0113. The number of thiophene rings is 1. The topological polar surface area (TPSA) is 132 Å². The second kappa shape index (κ2) is 14.1. The zero-order chi connectivity index (χ0) is 33.8. The second-order valence-corrected chi connectivity index (χ2v) is 13.0. The number of piperidine rings is 2. The van der Waals surface area contributed by atoms with Gasteiger partial charge < -0.3 is 35.6 Å². The summed E-state index contributed by atoms with van der Waals surface area (Å²) < 4.78 is 47.8. The number of nitrogens with one attached hydrogen (secondary N) is 3. The maximum absolute atomic E-state index is 14.1. The van der Waals surface area contributed by atoms with E-state index in [1.807, 2.05) is 30.3 Å². The smallest absolute Gasteiger partial charge is 0.404 e. The van der Waals surface area contributed by atoms with E-state index in [9.17, 15) is 27.9 Å². The van der Waals surface area contributed by atoms with Gasteiger partial charge in [0.2, 0.25) is 0 Å². The van der Waals surface area contributed by atoms with Crippen LogP contribution in [-0.2, 0) is 6.54 Å². The summed E-state index contributed by atoms with van der Waals surface area (Å²) in [6.07, 6.45) is 1.66. The molecule has 2 fully saturated rings. The number of ether oxygens (including phenoxy) is 1. The third kappa shape index (κ3) is 7.51. The number of pyridine rings is 2. The summed E-state index contributed by atoms with van der Waals surface area (Å²) in [5.41, 5.74) is 3.26. The first-order valence-electron chi connectivity index (χ1n) is 15.7. The first-order chi connectivity index (χ1) is 23.1. The molecule has 0 aliphatic carbocycles. The van der Waals surface area contributed by atoms with Crippen molar-refractivity contribution in [3.63, 3.8) is 0 Å². The minimum Gasteiger partial charge on any atom is -0.497 e. The molecule has 5 heterocycles. The number of benzene rings is 1. The predicted molar refractivity (Wildman–Crippen MR) is 180 cm³/mol. The van der Waals surface area contributed by atoms with Gasteiger partial charge in [-0.25, -0.2) is 4.79 Å². The number of carbonyl (C=O) groups excluding carboxylic acids is 1. The summed E-state index contributed by atoms with van der Waals surface area (Å²) in [7, 11) is 1.60. The standard InChI is InChI=1S/C33H36F3N7O4S/c1-47-24-7-5-20(6-8-24)15-39-31-28(29-27(48-31)14-23(16-38-29)42-11-3-2-4-12-42)30(44)41-25-17-37-10-9-26(25)43-18-21(33(34,35)36)13-22(19-43)40-32(45)46/h5-10,14,16-17,21-22,39-40H,2-4,11-13,15,18-19H2,1H3,(H,41,44)(H,45,46)/t21-,22+/m1/s1. The monoisotopic (exact) mass is 683 g/mol. The van der Waals surface area contributed by atoms with E-state index in [0.29, 0.717) is 28.3 Å². The molecule has 0 radical (unpaired) electrons. The first kappa shape index (κ1) is 33.1. The highest BCUT2D eigenvalue weighted by Gasteiger charge is 2.45. The Hall–Kier alpha value is -4.79. The lowest BCUT2D eigenvalue weighted by Gasteiger charge is -2.40. The van der Waals surface area contributed by atoms with E-state index in [1.54, 1.807) is 13.3 Å². The number of carbonyl (C=O) groups is 2. The van der Waals surface area contributed by atoms with Gasteiger partial charge in [0.05, 0.1) is 58.7 Å². The maximum Gasteiger partial charge on any atom is 0.404 e. The third-order valence-electron chi connectivity index (χ3n) is 8.70. The van der Waals surface area contributed by atoms with Gasteiger partial charge in [0.1, 0.15) is 16.3 Å². The fourth-order valence-corrected chi connectivity index (χ4v) is 7.40. The number of nitrogens with zero attached hydrogens (tertiary/aromatic N) is 4. The van der Waals surface area contributed by atoms with Gasteiger partial charge in [0.25, 0.3) is 5.91 Å². The zero-order valence-electron chi connectivity index (χ0n) is 26.2. The summed E-state index contributed by atoms with van der Waals surface area (Å²) in [5.74, 6) is -1.55. The van der Waals surface area contributed by atoms with Crippen LogP contribution in [0.2, 0.25) is 0 Å². The van der Waals surface area contributed by atoms with Crippen LogP contribution in [0.3, 0.4) is 0 Å². The Bertz CT molecular complexity index is 1760. The average Bonchev–Trinajstić information content (AvgIpc) is 3.45. The molecule has 0 spiro atoms. The maximum atomic E-state index is 14.1. The minimum atomic E-state index is -4.54. The number of rotatable bonds is 9. The number of fused-ring (bicyclic) bond motifs is 1. The summed E-state index contributed by atoms with van der Waals surface area (Å²) >= 11 is 1.41. The number of halogens is 3. The van der Waals surface area contributed by atoms with Crippen molar-refractivity contribution in [2.45, 2.75) is 44.4 Å². The number of aromatic nitrogens is 2. The van der Waals surface area contributed by atoms with Crippen LogP contribution in [0.1, 0.15) is 41.6 Å². The highest BCUT2D eigenvalue weighted by molar-refractivity contribution is 7.23. The molecule has 0 bridgehead atoms. The van der Waals surface area contributed by atoms with Crippen molar-refractivity contribution in [1.29, 1.82) is 0 Å². The van der Waals surface area contributed by atoms with Gasteiger partial charge >= 0.3 is 12.3 Å². The second-order valence-electron chi connectivity index (χ2n) is 12.0. The van der Waals surface area contributed by atoms with E-state index >= 15 is 0 Å². The highest BCUT2D eigenvalue weighted by Crippen LogP contribution is 2.40. The van der Waals surface area contributed by atoms with Crippen LogP contribution < -0.4 is 30.5 Å². The molecule has 2 atom stereocenters. The number of alkyl halides is 3. The SMILES string of the molecule is COc1ccc(CNc2sc3cc(N4CCCCC4)cnc3c2C(=O)Nc2cnccc2N2C[C@@H](NC(=O)O)C[C@@H](C(F)(F)F)C2)cc1. The van der Waals surface area contributed by atoms with Gasteiger partial charge in [-0.05, 0) is 55.5 Å². The quantitative estimate of drug-likeness (QED) is 0.155. The molecular weight excluding hydrogens is 647 g/mol. The number of hydrogen-bond acceptors (Lipinski definition) is 9. The van der Waals surface area contributed by atoms with E-state index in [2.05, 4.69) is 25.8 Å². The zero-order valence-corrected chi connectivity index (χ0v) is 27.0. The lowest BCUT2D eigenvalue weighted by Crippen LogP contribution is -2.53. The van der Waals surface area contributed by atoms with Gasteiger partial charge in [-0.15, -0.1) is 11.3 Å². The molecule has 1 aromatic carbocycles. The normalized spacial score (nSPS) is 18.4. The molecule has 2 saturated heterocycles. The molecule has 2 aliphatic rings.